The summed E-state index contributed by atoms with van der Waals surface area (Å²) in [6, 6.07) is -1.53. The minimum atomic E-state index is -3.18. The van der Waals surface area contributed by atoms with Crippen LogP contribution < -0.4 is 0 Å². The number of carbonyl (C=O) groups is 2. The van der Waals surface area contributed by atoms with Crippen LogP contribution in [0, 0.1) is 5.92 Å². The zero-order chi connectivity index (χ0) is 15.3. The number of rotatable bonds is 6. The Labute approximate surface area is 130 Å². The van der Waals surface area contributed by atoms with E-state index in [1.54, 1.807) is 22.6 Å². The van der Waals surface area contributed by atoms with Crippen molar-refractivity contribution in [3.8, 4) is 0 Å². The fourth-order valence-corrected chi connectivity index (χ4v) is 2.88. The van der Waals surface area contributed by atoms with E-state index in [4.69, 9.17) is 0 Å². The zero-order valence-corrected chi connectivity index (χ0v) is 13.6. The molecule has 5 nitrogen and oxygen atoms in total. The van der Waals surface area contributed by atoms with E-state index in [1.807, 2.05) is 0 Å². The maximum atomic E-state index is 14.2. The Morgan fingerprint density at radius 1 is 1.20 bits per heavy atom. The van der Waals surface area contributed by atoms with Gasteiger partial charge in [0.25, 0.3) is 5.92 Å². The van der Waals surface area contributed by atoms with Gasteiger partial charge in [-0.3, -0.25) is 14.5 Å². The van der Waals surface area contributed by atoms with Crippen LogP contribution in [0.25, 0.3) is 0 Å². The summed E-state index contributed by atoms with van der Waals surface area (Å²) in [7, 11) is 2.14. The molecule has 0 aromatic carbocycles. The van der Waals surface area contributed by atoms with Gasteiger partial charge >= 0.3 is 11.9 Å². The second kappa shape index (κ2) is 7.48. The van der Waals surface area contributed by atoms with E-state index in [0.717, 1.165) is 27.1 Å². The van der Waals surface area contributed by atoms with E-state index in [9.17, 15) is 18.4 Å². The maximum absolute atomic E-state index is 14.2. The number of hydrogen-bond acceptors (Lipinski definition) is 5. The normalized spacial score (nSPS) is 18.1. The number of methoxy groups -OCH3 is 2. The summed E-state index contributed by atoms with van der Waals surface area (Å²) < 4.78 is 37.0. The zero-order valence-electron chi connectivity index (χ0n) is 11.4. The standard InChI is InChI=1S/C12H18F2INO4/c1-19-10(17)8(11(18)20-2)9(12(13,14)7-15)16-5-3-4-6-16/h8-9H,3-7H2,1-2H3. The number of nitrogens with zero attached hydrogens (tertiary/aromatic N) is 1. The van der Waals surface area contributed by atoms with Crippen LogP contribution in [0.3, 0.4) is 0 Å². The molecule has 0 saturated carbocycles. The predicted octanol–water partition coefficient (Wildman–Crippen LogP) is 1.48. The molecular formula is C12H18F2INO4. The van der Waals surface area contributed by atoms with E-state index < -0.39 is 34.2 Å². The molecule has 0 aliphatic carbocycles. The minimum Gasteiger partial charge on any atom is -0.468 e. The SMILES string of the molecule is COC(=O)C(C(=O)OC)C(N1CCCC1)C(F)(F)CI. The highest BCUT2D eigenvalue weighted by molar-refractivity contribution is 14.1. The van der Waals surface area contributed by atoms with Crippen molar-refractivity contribution in [2.45, 2.75) is 24.8 Å². The lowest BCUT2D eigenvalue weighted by Crippen LogP contribution is -2.56. The maximum Gasteiger partial charge on any atom is 0.321 e. The van der Waals surface area contributed by atoms with Crippen molar-refractivity contribution in [1.29, 1.82) is 0 Å². The Morgan fingerprint density at radius 2 is 1.65 bits per heavy atom. The first-order chi connectivity index (χ1) is 9.38. The second-order valence-electron chi connectivity index (χ2n) is 4.61. The highest BCUT2D eigenvalue weighted by atomic mass is 127. The Bertz CT molecular complexity index is 345. The van der Waals surface area contributed by atoms with Crippen molar-refractivity contribution < 1.29 is 27.8 Å². The monoisotopic (exact) mass is 405 g/mol. The van der Waals surface area contributed by atoms with Crippen molar-refractivity contribution in [3.63, 3.8) is 0 Å². The molecule has 8 heteroatoms. The predicted molar refractivity (Wildman–Crippen MR) is 76.0 cm³/mol. The van der Waals surface area contributed by atoms with E-state index in [-0.39, 0.29) is 0 Å². The van der Waals surface area contributed by atoms with Crippen LogP contribution in [-0.4, -0.2) is 60.5 Å². The molecule has 1 atom stereocenters. The Hall–Kier alpha value is -0.510. The number of likely N-dealkylation sites (tertiary alicyclic amines) is 1. The summed E-state index contributed by atoms with van der Waals surface area (Å²) >= 11 is 1.56. The van der Waals surface area contributed by atoms with Gasteiger partial charge in [-0.05, 0) is 25.9 Å². The fraction of sp³-hybridized carbons (Fsp3) is 0.833. The molecule has 20 heavy (non-hydrogen) atoms. The lowest BCUT2D eigenvalue weighted by Gasteiger charge is -2.36. The molecule has 1 aliphatic rings. The first kappa shape index (κ1) is 17.5. The molecule has 1 saturated heterocycles. The van der Waals surface area contributed by atoms with Crippen LogP contribution in [-0.2, 0) is 19.1 Å². The molecule has 0 bridgehead atoms. The van der Waals surface area contributed by atoms with Gasteiger partial charge < -0.3 is 9.47 Å². The third kappa shape index (κ3) is 3.78. The molecule has 0 N–H and O–H groups in total. The van der Waals surface area contributed by atoms with Crippen molar-refractivity contribution in [2.75, 3.05) is 31.7 Å². The summed E-state index contributed by atoms with van der Waals surface area (Å²) in [5.74, 6) is -6.79. The highest BCUT2D eigenvalue weighted by Crippen LogP contribution is 2.34. The molecule has 1 fully saturated rings. The first-order valence-electron chi connectivity index (χ1n) is 6.22. The van der Waals surface area contributed by atoms with Gasteiger partial charge in [0, 0.05) is 0 Å². The average Bonchev–Trinajstić information content (AvgIpc) is 2.96. The number of hydrogen-bond donors (Lipinski definition) is 0. The third-order valence-electron chi connectivity index (χ3n) is 3.37. The van der Waals surface area contributed by atoms with Gasteiger partial charge in [-0.25, -0.2) is 8.78 Å². The van der Waals surface area contributed by atoms with E-state index in [2.05, 4.69) is 9.47 Å². The van der Waals surface area contributed by atoms with Gasteiger partial charge in [0.05, 0.1) is 24.7 Å². The average molecular weight is 405 g/mol. The number of carbonyl (C=O) groups excluding carboxylic acids is 2. The second-order valence-corrected chi connectivity index (χ2v) is 5.37. The molecule has 0 radical (unpaired) electrons. The fourth-order valence-electron chi connectivity index (χ4n) is 2.43. The van der Waals surface area contributed by atoms with Gasteiger partial charge in [0.2, 0.25) is 0 Å². The molecular weight excluding hydrogens is 387 g/mol. The molecule has 1 heterocycles. The van der Waals surface area contributed by atoms with Crippen LogP contribution >= 0.6 is 22.6 Å². The Balaban J connectivity index is 3.16. The van der Waals surface area contributed by atoms with Gasteiger partial charge in [0.1, 0.15) is 0 Å². The summed E-state index contributed by atoms with van der Waals surface area (Å²) in [4.78, 5) is 25.1. The molecule has 1 unspecified atom stereocenters. The molecule has 0 aromatic rings. The van der Waals surface area contributed by atoms with Gasteiger partial charge in [-0.2, -0.15) is 0 Å². The quantitative estimate of drug-likeness (QED) is 0.290. The van der Waals surface area contributed by atoms with Crippen LogP contribution in [0.5, 0.6) is 0 Å². The van der Waals surface area contributed by atoms with E-state index in [1.165, 1.54) is 4.90 Å². The molecule has 116 valence electrons. The summed E-state index contributed by atoms with van der Waals surface area (Å²) in [6.07, 6.45) is 1.53. The first-order valence-corrected chi connectivity index (χ1v) is 7.75. The van der Waals surface area contributed by atoms with Crippen molar-refractivity contribution in [1.82, 2.24) is 4.90 Å². The van der Waals surface area contributed by atoms with Crippen molar-refractivity contribution in [3.05, 3.63) is 0 Å². The highest BCUT2D eigenvalue weighted by Gasteiger charge is 2.53. The van der Waals surface area contributed by atoms with Crippen molar-refractivity contribution in [2.24, 2.45) is 5.92 Å². The summed E-state index contributed by atoms with van der Waals surface area (Å²) in [5.41, 5.74) is 0. The van der Waals surface area contributed by atoms with Crippen LogP contribution in [0.2, 0.25) is 0 Å². The van der Waals surface area contributed by atoms with Gasteiger partial charge in [-0.1, -0.05) is 22.6 Å². The van der Waals surface area contributed by atoms with Crippen LogP contribution in [0.1, 0.15) is 12.8 Å². The van der Waals surface area contributed by atoms with Crippen LogP contribution in [0.4, 0.5) is 8.78 Å². The number of ether oxygens (including phenoxy) is 2. The van der Waals surface area contributed by atoms with Gasteiger partial charge in [0.15, 0.2) is 5.92 Å². The van der Waals surface area contributed by atoms with Gasteiger partial charge in [-0.15, -0.1) is 0 Å². The molecule has 0 amide bonds. The lowest BCUT2D eigenvalue weighted by molar-refractivity contribution is -0.171. The molecule has 0 spiro atoms. The number of esters is 2. The van der Waals surface area contributed by atoms with E-state index in [0.29, 0.717) is 13.1 Å². The lowest BCUT2D eigenvalue weighted by atomic mass is 9.93. The number of halogens is 3. The number of alkyl halides is 3. The summed E-state index contributed by atoms with van der Waals surface area (Å²) in [6.45, 7) is 0.864. The molecule has 0 aromatic heterocycles. The summed E-state index contributed by atoms with van der Waals surface area (Å²) in [5, 5.41) is 0. The third-order valence-corrected chi connectivity index (χ3v) is 4.39. The molecule has 1 rings (SSSR count). The molecule has 1 aliphatic heterocycles. The Kier molecular flexibility index (Phi) is 6.56. The smallest absolute Gasteiger partial charge is 0.321 e. The van der Waals surface area contributed by atoms with Crippen molar-refractivity contribution >= 4 is 34.5 Å². The topological polar surface area (TPSA) is 55.8 Å². The minimum absolute atomic E-state index is 0.432. The Morgan fingerprint density at radius 3 is 2.00 bits per heavy atom. The largest absolute Gasteiger partial charge is 0.468 e. The van der Waals surface area contributed by atoms with Crippen LogP contribution in [0.15, 0.2) is 0 Å². The van der Waals surface area contributed by atoms with E-state index >= 15 is 0 Å².